The predicted octanol–water partition coefficient (Wildman–Crippen LogP) is -1.00. The van der Waals surface area contributed by atoms with Gasteiger partial charge in [-0.05, 0) is 30.9 Å². The van der Waals surface area contributed by atoms with Gasteiger partial charge in [0.1, 0.15) is 18.1 Å². The molecular formula is C24H35N5O7. The number of carbonyl (C=O) groups is 4. The summed E-state index contributed by atoms with van der Waals surface area (Å²) in [7, 11) is 0. The molecule has 6 atom stereocenters. The minimum atomic E-state index is -1.55. The molecule has 1 aromatic heterocycles. The van der Waals surface area contributed by atoms with Crippen LogP contribution in [-0.2, 0) is 25.6 Å². The van der Waals surface area contributed by atoms with Crippen molar-refractivity contribution in [3.05, 3.63) is 36.0 Å². The number of aromatic amines is 1. The summed E-state index contributed by atoms with van der Waals surface area (Å²) < 4.78 is 0. The minimum Gasteiger partial charge on any atom is -0.480 e. The minimum absolute atomic E-state index is 0.180. The molecule has 9 N–H and O–H groups in total. The van der Waals surface area contributed by atoms with Crippen molar-refractivity contribution in [3.63, 3.8) is 0 Å². The molecule has 0 aliphatic carbocycles. The van der Waals surface area contributed by atoms with E-state index in [0.29, 0.717) is 6.42 Å². The molecule has 12 nitrogen and oxygen atoms in total. The van der Waals surface area contributed by atoms with Crippen molar-refractivity contribution < 1.29 is 34.5 Å². The average Bonchev–Trinajstić information content (AvgIpc) is 3.25. The van der Waals surface area contributed by atoms with Crippen LogP contribution in [0.4, 0.5) is 0 Å². The maximum Gasteiger partial charge on any atom is 0.328 e. The van der Waals surface area contributed by atoms with Crippen molar-refractivity contribution in [3.8, 4) is 0 Å². The molecule has 198 valence electrons. The number of carbonyl (C=O) groups excluding carboxylic acids is 3. The maximum absolute atomic E-state index is 13.0. The van der Waals surface area contributed by atoms with Crippen molar-refractivity contribution in [1.29, 1.82) is 0 Å². The van der Waals surface area contributed by atoms with Crippen molar-refractivity contribution in [1.82, 2.24) is 20.9 Å². The third kappa shape index (κ3) is 7.26. The number of nitrogens with two attached hydrogens (primary N) is 1. The standard InChI is InChI=1S/C24H35N5O7/c1-4-12(2)19(22(33)27-18(11-30)24(35)36)28-23(34)20(13(3)31)29-21(32)16(25)9-14-10-26-17-8-6-5-7-15(14)17/h5-8,10,12-13,16,18-20,26,30-31H,4,9,11,25H2,1-3H3,(H,27,33)(H,28,34)(H,29,32)(H,35,36). The largest absolute Gasteiger partial charge is 0.480 e. The van der Waals surface area contributed by atoms with Crippen molar-refractivity contribution in [2.45, 2.75) is 63.9 Å². The second kappa shape index (κ2) is 13.0. The van der Waals surface area contributed by atoms with E-state index in [1.54, 1.807) is 20.0 Å². The van der Waals surface area contributed by atoms with E-state index in [9.17, 15) is 29.4 Å². The van der Waals surface area contributed by atoms with E-state index >= 15 is 0 Å². The van der Waals surface area contributed by atoms with Gasteiger partial charge in [0.05, 0.1) is 18.8 Å². The molecule has 12 heteroatoms. The topological polar surface area (TPSA) is 207 Å². The van der Waals surface area contributed by atoms with Crippen LogP contribution in [0.3, 0.4) is 0 Å². The van der Waals surface area contributed by atoms with Crippen LogP contribution in [0.5, 0.6) is 0 Å². The first-order chi connectivity index (χ1) is 17.0. The summed E-state index contributed by atoms with van der Waals surface area (Å²) in [5.41, 5.74) is 7.79. The normalized spacial score (nSPS) is 16.3. The first kappa shape index (κ1) is 28.8. The van der Waals surface area contributed by atoms with E-state index in [2.05, 4.69) is 20.9 Å². The van der Waals surface area contributed by atoms with Gasteiger partial charge < -0.3 is 42.0 Å². The zero-order chi connectivity index (χ0) is 27.0. The second-order valence-corrected chi connectivity index (χ2v) is 8.85. The number of carboxylic acid groups (broad SMARTS) is 1. The first-order valence-electron chi connectivity index (χ1n) is 11.7. The molecule has 2 rings (SSSR count). The van der Waals surface area contributed by atoms with Crippen LogP contribution in [-0.4, -0.2) is 80.9 Å². The molecule has 36 heavy (non-hydrogen) atoms. The van der Waals surface area contributed by atoms with Crippen molar-refractivity contribution >= 4 is 34.6 Å². The molecule has 2 aromatic rings. The molecule has 0 fully saturated rings. The third-order valence-corrected chi connectivity index (χ3v) is 6.10. The Labute approximate surface area is 208 Å². The molecule has 0 bridgehead atoms. The van der Waals surface area contributed by atoms with Gasteiger partial charge in [0, 0.05) is 17.1 Å². The lowest BCUT2D eigenvalue weighted by atomic mass is 9.97. The number of aliphatic hydroxyl groups excluding tert-OH is 2. The average molecular weight is 506 g/mol. The van der Waals surface area contributed by atoms with Crippen molar-refractivity contribution in [2.75, 3.05) is 6.61 Å². The first-order valence-corrected chi connectivity index (χ1v) is 11.7. The number of fused-ring (bicyclic) bond motifs is 1. The number of amides is 3. The Morgan fingerprint density at radius 1 is 1.00 bits per heavy atom. The number of aliphatic hydroxyl groups is 2. The molecule has 0 aliphatic rings. The smallest absolute Gasteiger partial charge is 0.328 e. The molecule has 1 heterocycles. The number of benzene rings is 1. The quantitative estimate of drug-likeness (QED) is 0.169. The van der Waals surface area contributed by atoms with Gasteiger partial charge in [-0.15, -0.1) is 0 Å². The number of nitrogens with one attached hydrogen (secondary N) is 4. The number of carboxylic acids is 1. The van der Waals surface area contributed by atoms with Gasteiger partial charge in [0.15, 0.2) is 0 Å². The number of hydrogen-bond acceptors (Lipinski definition) is 7. The van der Waals surface area contributed by atoms with E-state index in [1.165, 1.54) is 6.92 Å². The van der Waals surface area contributed by atoms with Crippen LogP contribution in [0.25, 0.3) is 10.9 Å². The highest BCUT2D eigenvalue weighted by atomic mass is 16.4. The van der Waals surface area contributed by atoms with Gasteiger partial charge in [-0.3, -0.25) is 14.4 Å². The van der Waals surface area contributed by atoms with Gasteiger partial charge >= 0.3 is 5.97 Å². The van der Waals surface area contributed by atoms with Crippen LogP contribution in [0, 0.1) is 5.92 Å². The van der Waals surface area contributed by atoms with Gasteiger partial charge in [0.2, 0.25) is 17.7 Å². The summed E-state index contributed by atoms with van der Waals surface area (Å²) in [4.78, 5) is 52.7. The lowest BCUT2D eigenvalue weighted by Crippen LogP contribution is -2.61. The number of H-pyrrole nitrogens is 1. The third-order valence-electron chi connectivity index (χ3n) is 6.10. The summed E-state index contributed by atoms with van der Waals surface area (Å²) in [6.45, 7) is 3.92. The lowest BCUT2D eigenvalue weighted by molar-refractivity contribution is -0.143. The lowest BCUT2D eigenvalue weighted by Gasteiger charge is -2.28. The molecule has 0 radical (unpaired) electrons. The summed E-state index contributed by atoms with van der Waals surface area (Å²) in [6.07, 6.45) is 1.07. The fourth-order valence-electron chi connectivity index (χ4n) is 3.69. The summed E-state index contributed by atoms with van der Waals surface area (Å²) in [5, 5.41) is 36.5. The Morgan fingerprint density at radius 2 is 1.61 bits per heavy atom. The summed E-state index contributed by atoms with van der Waals surface area (Å²) in [5.74, 6) is -4.17. The molecule has 6 unspecified atom stereocenters. The highest BCUT2D eigenvalue weighted by Crippen LogP contribution is 2.19. The van der Waals surface area contributed by atoms with Gasteiger partial charge in [-0.1, -0.05) is 38.5 Å². The Kier molecular flexibility index (Phi) is 10.4. The SMILES string of the molecule is CCC(C)C(NC(=O)C(NC(=O)C(N)Cc1c[nH]c2ccccc12)C(C)O)C(=O)NC(CO)C(=O)O. The molecule has 0 spiro atoms. The molecule has 0 saturated heterocycles. The van der Waals surface area contributed by atoms with Crippen LogP contribution >= 0.6 is 0 Å². The molecule has 0 saturated carbocycles. The Balaban J connectivity index is 2.11. The van der Waals surface area contributed by atoms with Crippen LogP contribution in [0.1, 0.15) is 32.8 Å². The number of aromatic nitrogens is 1. The Hall–Kier alpha value is -3.48. The predicted molar refractivity (Wildman–Crippen MR) is 132 cm³/mol. The van der Waals surface area contributed by atoms with Crippen LogP contribution < -0.4 is 21.7 Å². The second-order valence-electron chi connectivity index (χ2n) is 8.85. The van der Waals surface area contributed by atoms with Gasteiger partial charge in [0.25, 0.3) is 0 Å². The number of rotatable bonds is 13. The van der Waals surface area contributed by atoms with Gasteiger partial charge in [-0.2, -0.15) is 0 Å². The number of hydrogen-bond donors (Lipinski definition) is 8. The monoisotopic (exact) mass is 505 g/mol. The van der Waals surface area contributed by atoms with Gasteiger partial charge in [-0.25, -0.2) is 4.79 Å². The fraction of sp³-hybridized carbons (Fsp3) is 0.500. The maximum atomic E-state index is 13.0. The molecular weight excluding hydrogens is 470 g/mol. The van der Waals surface area contributed by atoms with Crippen LogP contribution in [0.15, 0.2) is 30.5 Å². The van der Waals surface area contributed by atoms with E-state index in [-0.39, 0.29) is 6.42 Å². The van der Waals surface area contributed by atoms with E-state index in [0.717, 1.165) is 16.5 Å². The number of aliphatic carboxylic acids is 1. The highest BCUT2D eigenvalue weighted by molar-refractivity contribution is 5.94. The molecule has 3 amide bonds. The summed E-state index contributed by atoms with van der Waals surface area (Å²) >= 11 is 0. The summed E-state index contributed by atoms with van der Waals surface area (Å²) in [6, 6.07) is 2.36. The van der Waals surface area contributed by atoms with Crippen molar-refractivity contribution in [2.24, 2.45) is 11.7 Å². The zero-order valence-corrected chi connectivity index (χ0v) is 20.5. The van der Waals surface area contributed by atoms with E-state index < -0.39 is 66.5 Å². The Morgan fingerprint density at radius 3 is 2.19 bits per heavy atom. The molecule has 0 aliphatic heterocycles. The number of para-hydroxylation sites is 1. The fourth-order valence-corrected chi connectivity index (χ4v) is 3.69. The zero-order valence-electron chi connectivity index (χ0n) is 20.5. The highest BCUT2D eigenvalue weighted by Gasteiger charge is 2.34. The molecule has 1 aromatic carbocycles. The Bertz CT molecular complexity index is 1070. The van der Waals surface area contributed by atoms with E-state index in [4.69, 9.17) is 10.8 Å². The van der Waals surface area contributed by atoms with Crippen LogP contribution in [0.2, 0.25) is 0 Å². The van der Waals surface area contributed by atoms with E-state index in [1.807, 2.05) is 24.3 Å².